The standard InChI is InChI=1S/C22H21BrF2N4O2/c1-13-26-11-19(18(9-23)28-13)31-12-22(14-3-2-4-15(24)7-14)8-17(22)21(30)29-20-6-5-16(25)10-27-20/h2-6,10-11,14,17H,7-9,12H2,1H3,(H,27,29,30)/t14?,17-,22+/m0/s1. The number of alkyl halides is 1. The van der Waals surface area contributed by atoms with Crippen molar-refractivity contribution in [1.82, 2.24) is 15.0 Å². The highest BCUT2D eigenvalue weighted by molar-refractivity contribution is 9.08. The normalized spacial score (nSPS) is 24.5. The van der Waals surface area contributed by atoms with Gasteiger partial charge >= 0.3 is 0 Å². The topological polar surface area (TPSA) is 77.0 Å². The second-order valence-electron chi connectivity index (χ2n) is 7.80. The highest BCUT2D eigenvalue weighted by Crippen LogP contribution is 2.60. The van der Waals surface area contributed by atoms with E-state index in [1.807, 2.05) is 6.08 Å². The zero-order chi connectivity index (χ0) is 22.0. The first-order chi connectivity index (χ1) is 14.9. The van der Waals surface area contributed by atoms with Crippen molar-refractivity contribution in [2.45, 2.75) is 25.1 Å². The summed E-state index contributed by atoms with van der Waals surface area (Å²) in [4.78, 5) is 25.4. The highest BCUT2D eigenvalue weighted by atomic mass is 79.9. The molecule has 1 fully saturated rings. The molecule has 0 aromatic carbocycles. The number of nitrogens with one attached hydrogen (secondary N) is 1. The Bertz CT molecular complexity index is 1040. The lowest BCUT2D eigenvalue weighted by Gasteiger charge is -2.27. The second kappa shape index (κ2) is 8.82. The van der Waals surface area contributed by atoms with E-state index in [-0.39, 0.29) is 36.5 Å². The van der Waals surface area contributed by atoms with Crippen molar-refractivity contribution in [3.63, 3.8) is 0 Å². The molecule has 9 heteroatoms. The van der Waals surface area contributed by atoms with Crippen molar-refractivity contribution < 1.29 is 18.3 Å². The molecule has 0 aliphatic heterocycles. The van der Waals surface area contributed by atoms with Crippen LogP contribution in [0, 0.1) is 30.0 Å². The Kier molecular flexibility index (Phi) is 6.13. The van der Waals surface area contributed by atoms with E-state index < -0.39 is 17.2 Å². The van der Waals surface area contributed by atoms with Gasteiger partial charge in [-0.05, 0) is 37.5 Å². The van der Waals surface area contributed by atoms with Gasteiger partial charge in [-0.1, -0.05) is 28.1 Å². The lowest BCUT2D eigenvalue weighted by molar-refractivity contribution is -0.118. The van der Waals surface area contributed by atoms with E-state index in [4.69, 9.17) is 4.74 Å². The van der Waals surface area contributed by atoms with E-state index in [0.717, 1.165) is 6.20 Å². The molecule has 0 bridgehead atoms. The van der Waals surface area contributed by atoms with Crippen molar-refractivity contribution in [3.8, 4) is 5.75 Å². The van der Waals surface area contributed by atoms with Gasteiger partial charge in [0.05, 0.1) is 24.7 Å². The van der Waals surface area contributed by atoms with Crippen LogP contribution in [-0.4, -0.2) is 27.5 Å². The van der Waals surface area contributed by atoms with Crippen molar-refractivity contribution in [1.29, 1.82) is 0 Å². The molecule has 2 aromatic rings. The van der Waals surface area contributed by atoms with Crippen molar-refractivity contribution in [2.24, 2.45) is 17.3 Å². The summed E-state index contributed by atoms with van der Waals surface area (Å²) in [5, 5.41) is 3.23. The van der Waals surface area contributed by atoms with Crippen LogP contribution in [0.2, 0.25) is 0 Å². The van der Waals surface area contributed by atoms with Gasteiger partial charge < -0.3 is 10.1 Å². The first kappa shape index (κ1) is 21.5. The van der Waals surface area contributed by atoms with Crippen molar-refractivity contribution in [3.05, 3.63) is 65.9 Å². The third-order valence-corrected chi connectivity index (χ3v) is 6.29. The summed E-state index contributed by atoms with van der Waals surface area (Å²) >= 11 is 3.40. The quantitative estimate of drug-likeness (QED) is 0.570. The molecule has 4 rings (SSSR count). The molecule has 2 aliphatic carbocycles. The van der Waals surface area contributed by atoms with Gasteiger partial charge in [0, 0.05) is 23.1 Å². The maximum atomic E-state index is 14.0. The number of ether oxygens (including phenoxy) is 1. The Morgan fingerprint density at radius 1 is 1.32 bits per heavy atom. The molecular formula is C22H21BrF2N4O2. The minimum absolute atomic E-state index is 0.187. The summed E-state index contributed by atoms with van der Waals surface area (Å²) in [6.07, 6.45) is 8.45. The number of nitrogens with zero attached hydrogens (tertiary/aromatic N) is 3. The number of aryl methyl sites for hydroxylation is 1. The number of allylic oxidation sites excluding steroid dienone is 4. The summed E-state index contributed by atoms with van der Waals surface area (Å²) in [6.45, 7) is 2.01. The molecule has 1 amide bonds. The monoisotopic (exact) mass is 490 g/mol. The molecule has 0 saturated heterocycles. The Labute approximate surface area is 187 Å². The third kappa shape index (κ3) is 4.66. The van der Waals surface area contributed by atoms with Gasteiger partial charge in [0.15, 0.2) is 5.75 Å². The number of hydrogen-bond acceptors (Lipinski definition) is 5. The number of anilines is 1. The van der Waals surface area contributed by atoms with Crippen LogP contribution in [0.15, 0.2) is 48.6 Å². The van der Waals surface area contributed by atoms with Crippen LogP contribution in [0.3, 0.4) is 0 Å². The zero-order valence-electron chi connectivity index (χ0n) is 16.8. The fourth-order valence-corrected chi connectivity index (χ4v) is 4.39. The van der Waals surface area contributed by atoms with Crippen LogP contribution in [0.25, 0.3) is 0 Å². The third-order valence-electron chi connectivity index (χ3n) is 5.76. The lowest BCUT2D eigenvalue weighted by atomic mass is 9.82. The van der Waals surface area contributed by atoms with E-state index >= 15 is 0 Å². The molecule has 2 heterocycles. The number of hydrogen-bond donors (Lipinski definition) is 1. The molecule has 0 spiro atoms. The molecule has 1 unspecified atom stereocenters. The van der Waals surface area contributed by atoms with Gasteiger partial charge in [0.25, 0.3) is 0 Å². The predicted molar refractivity (Wildman–Crippen MR) is 115 cm³/mol. The number of aromatic nitrogens is 3. The van der Waals surface area contributed by atoms with Crippen LogP contribution in [0.5, 0.6) is 5.75 Å². The van der Waals surface area contributed by atoms with Crippen LogP contribution < -0.4 is 10.1 Å². The van der Waals surface area contributed by atoms with E-state index in [2.05, 4.69) is 36.2 Å². The average Bonchev–Trinajstić information content (AvgIpc) is 3.50. The molecule has 1 saturated carbocycles. The molecule has 31 heavy (non-hydrogen) atoms. The van der Waals surface area contributed by atoms with Gasteiger partial charge in [0.2, 0.25) is 5.91 Å². The Morgan fingerprint density at radius 2 is 2.16 bits per heavy atom. The Hall–Kier alpha value is -2.68. The van der Waals surface area contributed by atoms with E-state index in [9.17, 15) is 13.6 Å². The predicted octanol–water partition coefficient (Wildman–Crippen LogP) is 4.67. The average molecular weight is 491 g/mol. The van der Waals surface area contributed by atoms with E-state index in [0.29, 0.717) is 29.0 Å². The number of pyridine rings is 1. The van der Waals surface area contributed by atoms with Crippen LogP contribution in [-0.2, 0) is 10.1 Å². The zero-order valence-corrected chi connectivity index (χ0v) is 18.4. The number of amides is 1. The highest BCUT2D eigenvalue weighted by Gasteiger charge is 2.62. The first-order valence-electron chi connectivity index (χ1n) is 9.88. The summed E-state index contributed by atoms with van der Waals surface area (Å²) in [5.41, 5.74) is 0.144. The molecule has 0 radical (unpaired) electrons. The van der Waals surface area contributed by atoms with Crippen molar-refractivity contribution in [2.75, 3.05) is 11.9 Å². The number of carbonyl (C=O) groups is 1. The summed E-state index contributed by atoms with van der Waals surface area (Å²) in [5.74, 6) is -0.0910. The Morgan fingerprint density at radius 3 is 2.87 bits per heavy atom. The molecular weight excluding hydrogens is 470 g/mol. The maximum Gasteiger partial charge on any atom is 0.229 e. The summed E-state index contributed by atoms with van der Waals surface area (Å²) in [7, 11) is 0. The first-order valence-corrected chi connectivity index (χ1v) is 11.0. The fraction of sp³-hybridized carbons (Fsp3) is 0.364. The summed E-state index contributed by atoms with van der Waals surface area (Å²) in [6, 6.07) is 2.64. The van der Waals surface area contributed by atoms with Gasteiger partial charge in [-0.2, -0.15) is 0 Å². The maximum absolute atomic E-state index is 14.0. The molecule has 1 N–H and O–H groups in total. The smallest absolute Gasteiger partial charge is 0.229 e. The molecule has 2 aromatic heterocycles. The number of rotatable bonds is 7. The molecule has 6 nitrogen and oxygen atoms in total. The van der Waals surface area contributed by atoms with Gasteiger partial charge in [-0.25, -0.2) is 23.7 Å². The van der Waals surface area contributed by atoms with Gasteiger partial charge in [-0.15, -0.1) is 0 Å². The van der Waals surface area contributed by atoms with Crippen LogP contribution in [0.4, 0.5) is 14.6 Å². The minimum atomic E-state index is -0.569. The fourth-order valence-electron chi connectivity index (χ4n) is 3.98. The number of halogens is 3. The minimum Gasteiger partial charge on any atom is -0.489 e. The van der Waals surface area contributed by atoms with Crippen molar-refractivity contribution >= 4 is 27.7 Å². The van der Waals surface area contributed by atoms with Gasteiger partial charge in [-0.3, -0.25) is 4.79 Å². The van der Waals surface area contributed by atoms with E-state index in [1.54, 1.807) is 19.2 Å². The van der Waals surface area contributed by atoms with Gasteiger partial charge in [0.1, 0.15) is 23.3 Å². The lowest BCUT2D eigenvalue weighted by Crippen LogP contribution is -2.30. The molecule has 2 aliphatic rings. The SMILES string of the molecule is Cc1ncc(OC[C@@]2(C3C=CC=C(F)C3)C[C@H]2C(=O)Nc2ccc(F)cn2)c(CBr)n1. The van der Waals surface area contributed by atoms with Crippen LogP contribution in [0.1, 0.15) is 24.4 Å². The molecule has 162 valence electrons. The van der Waals surface area contributed by atoms with Crippen LogP contribution >= 0.6 is 15.9 Å². The Balaban J connectivity index is 1.53. The number of carbonyl (C=O) groups excluding carboxylic acids is 1. The second-order valence-corrected chi connectivity index (χ2v) is 8.36. The largest absolute Gasteiger partial charge is 0.489 e. The summed E-state index contributed by atoms with van der Waals surface area (Å²) < 4.78 is 33.2. The molecule has 3 atom stereocenters. The van der Waals surface area contributed by atoms with E-state index in [1.165, 1.54) is 18.2 Å².